The first kappa shape index (κ1) is 13.6. The Labute approximate surface area is 127 Å². The van der Waals surface area contributed by atoms with E-state index in [2.05, 4.69) is 4.98 Å². The van der Waals surface area contributed by atoms with Crippen molar-refractivity contribution < 1.29 is 4.79 Å². The van der Waals surface area contributed by atoms with Crippen molar-refractivity contribution in [3.8, 4) is 0 Å². The van der Waals surface area contributed by atoms with Crippen LogP contribution in [0, 0.1) is 0 Å². The molecular formula is C15H15ClN2OS. The van der Waals surface area contributed by atoms with Crippen LogP contribution in [0.1, 0.15) is 22.9 Å². The van der Waals surface area contributed by atoms with Crippen molar-refractivity contribution in [3.63, 3.8) is 0 Å². The van der Waals surface area contributed by atoms with Gasteiger partial charge < -0.3 is 4.90 Å². The van der Waals surface area contributed by atoms with Crippen LogP contribution in [-0.4, -0.2) is 28.9 Å². The molecule has 0 aliphatic carbocycles. The highest BCUT2D eigenvalue weighted by molar-refractivity contribution is 7.09. The number of likely N-dealkylation sites (tertiary alicyclic amines) is 1. The number of benzene rings is 1. The number of thiazole rings is 1. The highest BCUT2D eigenvalue weighted by Crippen LogP contribution is 2.29. The molecule has 0 radical (unpaired) electrons. The zero-order chi connectivity index (χ0) is 13.9. The van der Waals surface area contributed by atoms with Gasteiger partial charge in [-0.1, -0.05) is 29.8 Å². The second kappa shape index (κ2) is 5.94. The first-order chi connectivity index (χ1) is 9.74. The third-order valence-corrected chi connectivity index (χ3v) is 4.95. The van der Waals surface area contributed by atoms with Crippen molar-refractivity contribution in [2.45, 2.75) is 18.8 Å². The molecule has 1 aliphatic heterocycles. The Kier molecular flexibility index (Phi) is 4.03. The van der Waals surface area contributed by atoms with Gasteiger partial charge in [0, 0.05) is 35.6 Å². The average molecular weight is 307 g/mol. The maximum atomic E-state index is 12.3. The first-order valence-electron chi connectivity index (χ1n) is 6.64. The summed E-state index contributed by atoms with van der Waals surface area (Å²) in [7, 11) is 0. The van der Waals surface area contributed by atoms with Gasteiger partial charge in [0.15, 0.2) is 0 Å². The van der Waals surface area contributed by atoms with E-state index >= 15 is 0 Å². The Morgan fingerprint density at radius 3 is 3.05 bits per heavy atom. The van der Waals surface area contributed by atoms with Gasteiger partial charge in [0.05, 0.1) is 11.4 Å². The third kappa shape index (κ3) is 2.86. The number of rotatable bonds is 3. The highest BCUT2D eigenvalue weighted by atomic mass is 35.5. The van der Waals surface area contributed by atoms with Crippen LogP contribution in [0.4, 0.5) is 0 Å². The van der Waals surface area contributed by atoms with E-state index in [1.54, 1.807) is 11.3 Å². The van der Waals surface area contributed by atoms with Crippen LogP contribution in [0.3, 0.4) is 0 Å². The van der Waals surface area contributed by atoms with Gasteiger partial charge in [-0.3, -0.25) is 4.79 Å². The van der Waals surface area contributed by atoms with E-state index in [0.29, 0.717) is 17.4 Å². The summed E-state index contributed by atoms with van der Waals surface area (Å²) >= 11 is 7.78. The maximum absolute atomic E-state index is 12.3. The smallest absolute Gasteiger partial charge is 0.227 e. The van der Waals surface area contributed by atoms with E-state index in [-0.39, 0.29) is 5.91 Å². The summed E-state index contributed by atoms with van der Waals surface area (Å²) < 4.78 is 0. The SMILES string of the molecule is O=C(Cc1ccccc1Cl)N1CC[C@H](c2nccs2)C1. The monoisotopic (exact) mass is 306 g/mol. The number of hydrogen-bond acceptors (Lipinski definition) is 3. The lowest BCUT2D eigenvalue weighted by Crippen LogP contribution is -2.29. The Morgan fingerprint density at radius 2 is 2.30 bits per heavy atom. The molecule has 20 heavy (non-hydrogen) atoms. The number of nitrogens with zero attached hydrogens (tertiary/aromatic N) is 2. The highest BCUT2D eigenvalue weighted by Gasteiger charge is 2.28. The molecule has 1 aromatic heterocycles. The third-order valence-electron chi connectivity index (χ3n) is 3.64. The molecule has 5 heteroatoms. The fourth-order valence-electron chi connectivity index (χ4n) is 2.54. The molecule has 1 saturated heterocycles. The predicted molar refractivity (Wildman–Crippen MR) is 81.2 cm³/mol. The molecule has 1 aromatic carbocycles. The Bertz CT molecular complexity index is 600. The Hall–Kier alpha value is -1.39. The molecule has 2 aromatic rings. The summed E-state index contributed by atoms with van der Waals surface area (Å²) in [5.74, 6) is 0.544. The number of carbonyl (C=O) groups excluding carboxylic acids is 1. The van der Waals surface area contributed by atoms with Crippen molar-refractivity contribution in [2.24, 2.45) is 0 Å². The lowest BCUT2D eigenvalue weighted by Gasteiger charge is -2.16. The van der Waals surface area contributed by atoms with Crippen molar-refractivity contribution in [1.29, 1.82) is 0 Å². The number of aromatic nitrogens is 1. The van der Waals surface area contributed by atoms with Crippen molar-refractivity contribution in [2.75, 3.05) is 13.1 Å². The molecule has 1 amide bonds. The first-order valence-corrected chi connectivity index (χ1v) is 7.90. The fraction of sp³-hybridized carbons (Fsp3) is 0.333. The molecule has 0 bridgehead atoms. The van der Waals surface area contributed by atoms with E-state index in [0.717, 1.165) is 30.1 Å². The molecule has 0 saturated carbocycles. The molecule has 1 aliphatic rings. The molecule has 3 rings (SSSR count). The van der Waals surface area contributed by atoms with Crippen LogP contribution in [0.15, 0.2) is 35.8 Å². The summed E-state index contributed by atoms with van der Waals surface area (Å²) in [6, 6.07) is 7.53. The van der Waals surface area contributed by atoms with E-state index in [1.807, 2.05) is 40.7 Å². The number of halogens is 1. The predicted octanol–water partition coefficient (Wildman–Crippen LogP) is 3.36. The number of hydrogen-bond donors (Lipinski definition) is 0. The van der Waals surface area contributed by atoms with Gasteiger partial charge in [0.25, 0.3) is 0 Å². The number of carbonyl (C=O) groups is 1. The van der Waals surface area contributed by atoms with E-state index in [9.17, 15) is 4.79 Å². The van der Waals surface area contributed by atoms with Crippen LogP contribution in [0.5, 0.6) is 0 Å². The molecular weight excluding hydrogens is 292 g/mol. The molecule has 1 atom stereocenters. The van der Waals surface area contributed by atoms with Gasteiger partial charge in [-0.05, 0) is 18.1 Å². The van der Waals surface area contributed by atoms with Crippen molar-refractivity contribution >= 4 is 28.8 Å². The molecule has 104 valence electrons. The van der Waals surface area contributed by atoms with Crippen molar-refractivity contribution in [1.82, 2.24) is 9.88 Å². The largest absolute Gasteiger partial charge is 0.342 e. The second-order valence-electron chi connectivity index (χ2n) is 4.96. The second-order valence-corrected chi connectivity index (χ2v) is 6.30. The topological polar surface area (TPSA) is 33.2 Å². The van der Waals surface area contributed by atoms with Crippen LogP contribution in [0.2, 0.25) is 5.02 Å². The van der Waals surface area contributed by atoms with Gasteiger partial charge >= 0.3 is 0 Å². The molecule has 0 unspecified atom stereocenters. The summed E-state index contributed by atoms with van der Waals surface area (Å²) in [6.07, 6.45) is 3.21. The lowest BCUT2D eigenvalue weighted by molar-refractivity contribution is -0.129. The summed E-state index contributed by atoms with van der Waals surface area (Å²) in [6.45, 7) is 1.59. The van der Waals surface area contributed by atoms with Crippen LogP contribution in [-0.2, 0) is 11.2 Å². The van der Waals surface area contributed by atoms with Crippen molar-refractivity contribution in [3.05, 3.63) is 51.4 Å². The molecule has 1 fully saturated rings. The summed E-state index contributed by atoms with van der Waals surface area (Å²) in [5, 5.41) is 3.79. The summed E-state index contributed by atoms with van der Waals surface area (Å²) in [5.41, 5.74) is 0.900. The summed E-state index contributed by atoms with van der Waals surface area (Å²) in [4.78, 5) is 18.6. The zero-order valence-corrected chi connectivity index (χ0v) is 12.5. The quantitative estimate of drug-likeness (QED) is 0.871. The standard InChI is InChI=1S/C15H15ClN2OS/c16-13-4-2-1-3-11(13)9-14(19)18-7-5-12(10-18)15-17-6-8-20-15/h1-4,6,8,12H,5,7,9-10H2/t12-/m0/s1. The Balaban J connectivity index is 1.63. The number of amides is 1. The minimum absolute atomic E-state index is 0.150. The molecule has 2 heterocycles. The minimum Gasteiger partial charge on any atom is -0.342 e. The minimum atomic E-state index is 0.150. The van der Waals surface area contributed by atoms with Crippen LogP contribution in [0.25, 0.3) is 0 Å². The van der Waals surface area contributed by atoms with Gasteiger partial charge in [0.2, 0.25) is 5.91 Å². The van der Waals surface area contributed by atoms with Gasteiger partial charge in [-0.25, -0.2) is 4.98 Å². The van der Waals surface area contributed by atoms with Crippen LogP contribution < -0.4 is 0 Å². The maximum Gasteiger partial charge on any atom is 0.227 e. The average Bonchev–Trinajstić information content (AvgIpc) is 3.11. The lowest BCUT2D eigenvalue weighted by atomic mass is 10.1. The zero-order valence-electron chi connectivity index (χ0n) is 11.0. The van der Waals surface area contributed by atoms with E-state index in [1.165, 1.54) is 0 Å². The van der Waals surface area contributed by atoms with Gasteiger partial charge in [-0.2, -0.15) is 0 Å². The Morgan fingerprint density at radius 1 is 1.45 bits per heavy atom. The molecule has 3 nitrogen and oxygen atoms in total. The van der Waals surface area contributed by atoms with Gasteiger partial charge in [0.1, 0.15) is 0 Å². The molecule has 0 N–H and O–H groups in total. The van der Waals surface area contributed by atoms with Crippen LogP contribution >= 0.6 is 22.9 Å². The van der Waals surface area contributed by atoms with E-state index in [4.69, 9.17) is 11.6 Å². The fourth-order valence-corrected chi connectivity index (χ4v) is 3.51. The molecule has 0 spiro atoms. The normalized spacial score (nSPS) is 18.4. The van der Waals surface area contributed by atoms with Gasteiger partial charge in [-0.15, -0.1) is 11.3 Å². The van der Waals surface area contributed by atoms with E-state index < -0.39 is 0 Å².